The Kier molecular flexibility index (Phi) is 5.93. The average molecular weight is 380 g/mol. The largest absolute Gasteiger partial charge is 0.493 e. The number of carbonyl (C=O) groups is 1. The molecule has 0 aliphatic rings. The van der Waals surface area contributed by atoms with Crippen LogP contribution in [0.4, 0.5) is 5.69 Å². The van der Waals surface area contributed by atoms with Crippen LogP contribution in [0.2, 0.25) is 0 Å². The third-order valence-electron chi connectivity index (χ3n) is 4.11. The summed E-state index contributed by atoms with van der Waals surface area (Å²) in [5.74, 6) is 0.808. The summed E-state index contributed by atoms with van der Waals surface area (Å²) in [7, 11) is 1.57. The summed E-state index contributed by atoms with van der Waals surface area (Å²) >= 11 is 0. The fourth-order valence-electron chi connectivity index (χ4n) is 2.83. The molecule has 3 rings (SSSR count). The van der Waals surface area contributed by atoms with Gasteiger partial charge >= 0.3 is 0 Å². The molecule has 0 bridgehead atoms. The van der Waals surface area contributed by atoms with Crippen molar-refractivity contribution < 1.29 is 14.3 Å². The lowest BCUT2D eigenvalue weighted by Gasteiger charge is -2.11. The molecule has 146 valence electrons. The van der Waals surface area contributed by atoms with Crippen molar-refractivity contribution >= 4 is 28.7 Å². The number of pyridine rings is 1. The zero-order valence-corrected chi connectivity index (χ0v) is 16.5. The summed E-state index contributed by atoms with van der Waals surface area (Å²) in [4.78, 5) is 16.7. The maximum Gasteiger partial charge on any atom is 0.262 e. The minimum atomic E-state index is -0.281. The second-order valence-electron chi connectivity index (χ2n) is 6.57. The summed E-state index contributed by atoms with van der Waals surface area (Å²) < 4.78 is 12.8. The number of hydrogen-bond donors (Lipinski definition) is 1. The van der Waals surface area contributed by atoms with E-state index in [0.717, 1.165) is 16.6 Å². The molecule has 0 radical (unpaired) electrons. The average Bonchev–Trinajstić information content (AvgIpc) is 3.10. The van der Waals surface area contributed by atoms with Crippen LogP contribution >= 0.6 is 0 Å². The molecule has 2 heterocycles. The number of amides is 1. The monoisotopic (exact) mass is 380 g/mol. The number of fused-ring (bicyclic) bond motifs is 1. The molecule has 0 atom stereocenters. The second-order valence-corrected chi connectivity index (χ2v) is 6.57. The Morgan fingerprint density at radius 1 is 1.25 bits per heavy atom. The molecule has 1 N–H and O–H groups in total. The van der Waals surface area contributed by atoms with Gasteiger partial charge in [0.05, 0.1) is 25.2 Å². The summed E-state index contributed by atoms with van der Waals surface area (Å²) in [6.45, 7) is 5.89. The molecule has 0 aliphatic carbocycles. The van der Waals surface area contributed by atoms with Crippen LogP contribution in [0.3, 0.4) is 0 Å². The van der Waals surface area contributed by atoms with E-state index in [1.54, 1.807) is 25.6 Å². The molecule has 7 nitrogen and oxygen atoms in total. The molecule has 0 aliphatic heterocycles. The van der Waals surface area contributed by atoms with E-state index in [0.29, 0.717) is 17.2 Å². The van der Waals surface area contributed by atoms with Crippen LogP contribution in [-0.4, -0.2) is 34.4 Å². The van der Waals surface area contributed by atoms with Crippen molar-refractivity contribution in [2.24, 2.45) is 0 Å². The molecule has 1 amide bonds. The van der Waals surface area contributed by atoms with Crippen LogP contribution in [0.15, 0.2) is 42.7 Å². The summed E-state index contributed by atoms with van der Waals surface area (Å²) in [5.41, 5.74) is 2.38. The van der Waals surface area contributed by atoms with Crippen molar-refractivity contribution in [1.29, 1.82) is 0 Å². The number of benzene rings is 1. The van der Waals surface area contributed by atoms with Crippen LogP contribution in [0, 0.1) is 0 Å². The maximum absolute atomic E-state index is 12.3. The molecule has 0 saturated carbocycles. The summed E-state index contributed by atoms with van der Waals surface area (Å²) in [6, 6.07) is 7.61. The van der Waals surface area contributed by atoms with Crippen molar-refractivity contribution in [3.8, 4) is 11.5 Å². The zero-order valence-electron chi connectivity index (χ0n) is 16.5. The first-order valence-electron chi connectivity index (χ1n) is 9.08. The SMILES string of the molecule is CC=Cc1ccc(OCC(=O)Nc2cnc3c(cnn3C(C)C)c2)c(OC)c1. The Morgan fingerprint density at radius 2 is 2.07 bits per heavy atom. The smallest absolute Gasteiger partial charge is 0.262 e. The molecular formula is C21H24N4O3. The van der Waals surface area contributed by atoms with Crippen LogP contribution < -0.4 is 14.8 Å². The van der Waals surface area contributed by atoms with E-state index >= 15 is 0 Å². The van der Waals surface area contributed by atoms with Crippen LogP contribution in [0.5, 0.6) is 11.5 Å². The molecule has 0 saturated heterocycles. The van der Waals surface area contributed by atoms with Gasteiger partial charge in [-0.3, -0.25) is 4.79 Å². The van der Waals surface area contributed by atoms with E-state index in [-0.39, 0.29) is 18.6 Å². The van der Waals surface area contributed by atoms with E-state index in [9.17, 15) is 4.79 Å². The Balaban J connectivity index is 1.65. The topological polar surface area (TPSA) is 78.3 Å². The molecule has 2 aromatic heterocycles. The van der Waals surface area contributed by atoms with E-state index in [1.807, 2.05) is 55.8 Å². The molecule has 0 fully saturated rings. The Bertz CT molecular complexity index is 1010. The third kappa shape index (κ3) is 4.31. The highest BCUT2D eigenvalue weighted by Gasteiger charge is 2.11. The Labute approximate surface area is 164 Å². The third-order valence-corrected chi connectivity index (χ3v) is 4.11. The first-order valence-corrected chi connectivity index (χ1v) is 9.08. The van der Waals surface area contributed by atoms with Gasteiger partial charge in [0, 0.05) is 11.4 Å². The quantitative estimate of drug-likeness (QED) is 0.668. The highest BCUT2D eigenvalue weighted by atomic mass is 16.5. The highest BCUT2D eigenvalue weighted by molar-refractivity contribution is 5.93. The van der Waals surface area contributed by atoms with Gasteiger partial charge in [-0.25, -0.2) is 9.67 Å². The minimum Gasteiger partial charge on any atom is -0.493 e. The van der Waals surface area contributed by atoms with Gasteiger partial charge in [-0.1, -0.05) is 18.2 Å². The predicted octanol–water partition coefficient (Wildman–Crippen LogP) is 4.07. The van der Waals surface area contributed by atoms with Gasteiger partial charge in [0.25, 0.3) is 5.91 Å². The Hall–Kier alpha value is -3.35. The number of allylic oxidation sites excluding steroid dienone is 1. The lowest BCUT2D eigenvalue weighted by Crippen LogP contribution is -2.20. The number of hydrogen-bond acceptors (Lipinski definition) is 5. The Morgan fingerprint density at radius 3 is 2.79 bits per heavy atom. The van der Waals surface area contributed by atoms with Gasteiger partial charge in [-0.2, -0.15) is 5.10 Å². The maximum atomic E-state index is 12.3. The molecular weight excluding hydrogens is 356 g/mol. The van der Waals surface area contributed by atoms with E-state index < -0.39 is 0 Å². The second kappa shape index (κ2) is 8.56. The number of rotatable bonds is 7. The molecule has 0 unspecified atom stereocenters. The lowest BCUT2D eigenvalue weighted by atomic mass is 10.2. The van der Waals surface area contributed by atoms with Gasteiger partial charge in [-0.15, -0.1) is 0 Å². The van der Waals surface area contributed by atoms with Crippen molar-refractivity contribution in [3.05, 3.63) is 48.3 Å². The van der Waals surface area contributed by atoms with Crippen molar-refractivity contribution in [2.45, 2.75) is 26.8 Å². The first-order chi connectivity index (χ1) is 13.5. The minimum absolute atomic E-state index is 0.136. The highest BCUT2D eigenvalue weighted by Crippen LogP contribution is 2.28. The van der Waals surface area contributed by atoms with Gasteiger partial charge < -0.3 is 14.8 Å². The van der Waals surface area contributed by atoms with Gasteiger partial charge in [0.1, 0.15) is 0 Å². The number of nitrogens with zero attached hydrogens (tertiary/aromatic N) is 3. The van der Waals surface area contributed by atoms with Gasteiger partial charge in [0.2, 0.25) is 0 Å². The number of methoxy groups -OCH3 is 1. The number of anilines is 1. The fourth-order valence-corrected chi connectivity index (χ4v) is 2.83. The molecule has 0 spiro atoms. The van der Waals surface area contributed by atoms with Crippen LogP contribution in [-0.2, 0) is 4.79 Å². The normalized spacial score (nSPS) is 11.3. The molecule has 28 heavy (non-hydrogen) atoms. The summed E-state index contributed by atoms with van der Waals surface area (Å²) in [6.07, 6.45) is 7.26. The standard InChI is InChI=1S/C21H24N4O3/c1-5-6-15-7-8-18(19(9-15)27-4)28-13-20(26)24-17-10-16-11-23-25(14(2)3)21(16)22-12-17/h5-12,14H,13H2,1-4H3,(H,24,26). The number of ether oxygens (including phenoxy) is 2. The zero-order chi connectivity index (χ0) is 20.1. The van der Waals surface area contributed by atoms with Crippen LogP contribution in [0.25, 0.3) is 17.1 Å². The lowest BCUT2D eigenvalue weighted by molar-refractivity contribution is -0.118. The predicted molar refractivity (Wildman–Crippen MR) is 110 cm³/mol. The summed E-state index contributed by atoms with van der Waals surface area (Å²) in [5, 5.41) is 7.99. The first kappa shape index (κ1) is 19.4. The molecule has 1 aromatic carbocycles. The van der Waals surface area contributed by atoms with E-state index in [4.69, 9.17) is 9.47 Å². The van der Waals surface area contributed by atoms with Crippen molar-refractivity contribution in [2.75, 3.05) is 19.0 Å². The van der Waals surface area contributed by atoms with Crippen molar-refractivity contribution in [1.82, 2.24) is 14.8 Å². The van der Waals surface area contributed by atoms with Gasteiger partial charge in [-0.05, 0) is 44.5 Å². The van der Waals surface area contributed by atoms with E-state index in [2.05, 4.69) is 15.4 Å². The number of aromatic nitrogens is 3. The van der Waals surface area contributed by atoms with E-state index in [1.165, 1.54) is 0 Å². The fraction of sp³-hybridized carbons (Fsp3) is 0.286. The van der Waals surface area contributed by atoms with Crippen molar-refractivity contribution in [3.63, 3.8) is 0 Å². The number of carbonyl (C=O) groups excluding carboxylic acids is 1. The molecule has 3 aromatic rings. The number of nitrogens with one attached hydrogen (secondary N) is 1. The molecule has 7 heteroatoms. The van der Waals surface area contributed by atoms with Crippen LogP contribution in [0.1, 0.15) is 32.4 Å². The van der Waals surface area contributed by atoms with Gasteiger partial charge in [0.15, 0.2) is 23.8 Å².